The first kappa shape index (κ1) is 25.6. The number of nitrogens with zero attached hydrogens (tertiary/aromatic N) is 2. The number of primary amides is 1. The lowest BCUT2D eigenvalue weighted by Crippen LogP contribution is -2.52. The van der Waals surface area contributed by atoms with Crippen molar-refractivity contribution in [1.82, 2.24) is 15.1 Å². The first-order valence-electron chi connectivity index (χ1n) is 12.1. The SMILES string of the molecule is CC/C=C(/C(C(N)=O)=C1/NCC[C@@H](C2CCN(C(O)CCCl)CC2)N1C)c1ccc(C)cc1. The van der Waals surface area contributed by atoms with E-state index in [1.54, 1.807) is 0 Å². The second-order valence-electron chi connectivity index (χ2n) is 9.21. The molecule has 1 amide bonds. The van der Waals surface area contributed by atoms with Gasteiger partial charge in [0.25, 0.3) is 5.91 Å². The van der Waals surface area contributed by atoms with Gasteiger partial charge in [0.1, 0.15) is 12.0 Å². The van der Waals surface area contributed by atoms with E-state index in [4.69, 9.17) is 17.3 Å². The molecule has 2 heterocycles. The summed E-state index contributed by atoms with van der Waals surface area (Å²) in [6, 6.07) is 8.57. The zero-order chi connectivity index (χ0) is 24.0. The van der Waals surface area contributed by atoms with Crippen LogP contribution in [0.3, 0.4) is 0 Å². The number of benzene rings is 1. The molecule has 1 aromatic carbocycles. The van der Waals surface area contributed by atoms with E-state index in [1.807, 2.05) is 0 Å². The van der Waals surface area contributed by atoms with Gasteiger partial charge in [-0.05, 0) is 49.7 Å². The Labute approximate surface area is 203 Å². The number of piperidine rings is 1. The number of aryl methyl sites for hydroxylation is 1. The minimum atomic E-state index is -0.456. The molecule has 0 saturated carbocycles. The molecule has 2 atom stereocenters. The van der Waals surface area contributed by atoms with Gasteiger partial charge in [0.2, 0.25) is 0 Å². The maximum Gasteiger partial charge on any atom is 0.252 e. The minimum absolute atomic E-state index is 0.323. The van der Waals surface area contributed by atoms with Crippen molar-refractivity contribution in [2.75, 3.05) is 32.6 Å². The zero-order valence-electron chi connectivity index (χ0n) is 20.2. The summed E-state index contributed by atoms with van der Waals surface area (Å²) in [5.74, 6) is 1.38. The first-order valence-corrected chi connectivity index (χ1v) is 12.7. The molecule has 4 N–H and O–H groups in total. The highest BCUT2D eigenvalue weighted by Crippen LogP contribution is 2.33. The predicted molar refractivity (Wildman–Crippen MR) is 135 cm³/mol. The van der Waals surface area contributed by atoms with Gasteiger partial charge in [-0.3, -0.25) is 9.69 Å². The van der Waals surface area contributed by atoms with Crippen LogP contribution >= 0.6 is 11.6 Å². The lowest BCUT2D eigenvalue weighted by Gasteiger charge is -2.45. The number of nitrogens with two attached hydrogens (primary N) is 1. The van der Waals surface area contributed by atoms with Crippen molar-refractivity contribution in [2.24, 2.45) is 11.7 Å². The fraction of sp³-hybridized carbons (Fsp3) is 0.577. The maximum atomic E-state index is 12.8. The number of hydrogen-bond donors (Lipinski definition) is 3. The third-order valence-corrected chi connectivity index (χ3v) is 7.23. The molecule has 0 bridgehead atoms. The Balaban J connectivity index is 1.86. The van der Waals surface area contributed by atoms with Crippen LogP contribution in [0.15, 0.2) is 41.7 Å². The number of amides is 1. The van der Waals surface area contributed by atoms with Crippen LogP contribution < -0.4 is 11.1 Å². The lowest BCUT2D eigenvalue weighted by atomic mass is 9.85. The highest BCUT2D eigenvalue weighted by atomic mass is 35.5. The van der Waals surface area contributed by atoms with Gasteiger partial charge in [-0.25, -0.2) is 0 Å². The summed E-state index contributed by atoms with van der Waals surface area (Å²) in [6.07, 6.45) is 6.09. The van der Waals surface area contributed by atoms with Crippen LogP contribution in [-0.4, -0.2) is 65.6 Å². The molecule has 2 fully saturated rings. The molecule has 6 nitrogen and oxygen atoms in total. The Morgan fingerprint density at radius 2 is 1.94 bits per heavy atom. The molecule has 0 aromatic heterocycles. The summed E-state index contributed by atoms with van der Waals surface area (Å²) in [7, 11) is 2.07. The van der Waals surface area contributed by atoms with Crippen LogP contribution in [0.2, 0.25) is 0 Å². The van der Waals surface area contributed by atoms with Gasteiger partial charge < -0.3 is 21.1 Å². The minimum Gasteiger partial charge on any atom is -0.378 e. The highest BCUT2D eigenvalue weighted by Gasteiger charge is 2.35. The molecule has 0 spiro atoms. The average Bonchev–Trinajstić information content (AvgIpc) is 2.80. The van der Waals surface area contributed by atoms with Gasteiger partial charge in [-0.15, -0.1) is 11.6 Å². The molecule has 182 valence electrons. The number of carbonyl (C=O) groups excluding carboxylic acids is 1. The normalized spacial score (nSPS) is 23.2. The van der Waals surface area contributed by atoms with E-state index < -0.39 is 12.1 Å². The second-order valence-corrected chi connectivity index (χ2v) is 9.58. The van der Waals surface area contributed by atoms with Crippen LogP contribution in [0.4, 0.5) is 0 Å². The summed E-state index contributed by atoms with van der Waals surface area (Å²) in [5, 5.41) is 13.8. The second kappa shape index (κ2) is 11.9. The molecule has 0 radical (unpaired) electrons. The van der Waals surface area contributed by atoms with E-state index in [0.29, 0.717) is 29.8 Å². The van der Waals surface area contributed by atoms with Crippen LogP contribution in [0.25, 0.3) is 5.57 Å². The van der Waals surface area contributed by atoms with Gasteiger partial charge in [-0.2, -0.15) is 0 Å². The number of nitrogens with one attached hydrogen (secondary N) is 1. The Hall–Kier alpha value is -2.02. The van der Waals surface area contributed by atoms with Crippen molar-refractivity contribution >= 4 is 23.1 Å². The molecular formula is C26H39ClN4O2. The van der Waals surface area contributed by atoms with Crippen LogP contribution in [0, 0.1) is 12.8 Å². The summed E-state index contributed by atoms with van der Waals surface area (Å²) < 4.78 is 0. The van der Waals surface area contributed by atoms with Gasteiger partial charge >= 0.3 is 0 Å². The number of allylic oxidation sites excluding steroid dienone is 1. The van der Waals surface area contributed by atoms with E-state index in [-0.39, 0.29) is 0 Å². The number of aliphatic hydroxyl groups is 1. The third-order valence-electron chi connectivity index (χ3n) is 7.01. The molecular weight excluding hydrogens is 436 g/mol. The Kier molecular flexibility index (Phi) is 9.24. The molecule has 2 saturated heterocycles. The molecule has 7 heteroatoms. The summed E-state index contributed by atoms with van der Waals surface area (Å²) >= 11 is 5.81. The van der Waals surface area contributed by atoms with E-state index >= 15 is 0 Å². The maximum absolute atomic E-state index is 12.8. The average molecular weight is 475 g/mol. The molecule has 0 aliphatic carbocycles. The van der Waals surface area contributed by atoms with Crippen molar-refractivity contribution in [3.8, 4) is 0 Å². The molecule has 1 unspecified atom stereocenters. The Morgan fingerprint density at radius 1 is 1.27 bits per heavy atom. The van der Waals surface area contributed by atoms with Crippen molar-refractivity contribution in [2.45, 2.75) is 58.2 Å². The standard InChI is InChI=1S/C26H39ClN4O2/c1-4-5-21(19-8-6-18(2)7-9-19)24(25(28)33)26-29-15-11-22(30(26)3)20-12-16-31(17-13-20)23(32)10-14-27/h5-9,20,22-23,29,32H,4,10-17H2,1-3H3,(H2,28,33)/b21-5+,26-24+/t22-,23?/m0/s1. The quantitative estimate of drug-likeness (QED) is 0.397. The lowest BCUT2D eigenvalue weighted by molar-refractivity contribution is -0.114. The first-order chi connectivity index (χ1) is 15.9. The number of carbonyl (C=O) groups is 1. The van der Waals surface area contributed by atoms with E-state index in [2.05, 4.69) is 66.4 Å². The van der Waals surface area contributed by atoms with Gasteiger partial charge in [-0.1, -0.05) is 42.8 Å². The molecule has 33 heavy (non-hydrogen) atoms. The summed E-state index contributed by atoms with van der Waals surface area (Å²) in [4.78, 5) is 17.1. The van der Waals surface area contributed by atoms with Crippen molar-refractivity contribution < 1.29 is 9.90 Å². The van der Waals surface area contributed by atoms with Crippen molar-refractivity contribution in [3.05, 3.63) is 52.9 Å². The topological polar surface area (TPSA) is 81.8 Å². The molecule has 1 aromatic rings. The van der Waals surface area contributed by atoms with Gasteiger partial charge in [0, 0.05) is 45.0 Å². The van der Waals surface area contributed by atoms with E-state index in [9.17, 15) is 9.90 Å². The Morgan fingerprint density at radius 3 is 2.52 bits per heavy atom. The van der Waals surface area contributed by atoms with Crippen LogP contribution in [-0.2, 0) is 4.79 Å². The van der Waals surface area contributed by atoms with Crippen molar-refractivity contribution in [1.29, 1.82) is 0 Å². The number of rotatable bonds is 8. The third kappa shape index (κ3) is 6.11. The Bertz CT molecular complexity index is 860. The zero-order valence-corrected chi connectivity index (χ0v) is 20.9. The number of aliphatic hydroxyl groups excluding tert-OH is 1. The molecule has 3 rings (SSSR count). The summed E-state index contributed by atoms with van der Waals surface area (Å²) in [6.45, 7) is 6.68. The number of halogens is 1. The smallest absolute Gasteiger partial charge is 0.252 e. The fourth-order valence-electron chi connectivity index (χ4n) is 5.20. The van der Waals surface area contributed by atoms with Crippen LogP contribution in [0.1, 0.15) is 50.2 Å². The van der Waals surface area contributed by atoms with E-state index in [0.717, 1.165) is 62.3 Å². The highest BCUT2D eigenvalue weighted by molar-refractivity contribution is 6.17. The number of alkyl halides is 1. The van der Waals surface area contributed by atoms with Crippen molar-refractivity contribution in [3.63, 3.8) is 0 Å². The summed E-state index contributed by atoms with van der Waals surface area (Å²) in [5.41, 5.74) is 9.61. The van der Waals surface area contributed by atoms with Gasteiger partial charge in [0.05, 0.1) is 5.57 Å². The van der Waals surface area contributed by atoms with Gasteiger partial charge in [0.15, 0.2) is 0 Å². The van der Waals surface area contributed by atoms with Crippen LogP contribution in [0.5, 0.6) is 0 Å². The fourth-order valence-corrected chi connectivity index (χ4v) is 5.40. The number of hydrogen-bond acceptors (Lipinski definition) is 5. The molecule has 2 aliphatic heterocycles. The monoisotopic (exact) mass is 474 g/mol. The number of likely N-dealkylation sites (tertiary alicyclic amines) is 1. The predicted octanol–water partition coefficient (Wildman–Crippen LogP) is 3.44. The largest absolute Gasteiger partial charge is 0.378 e. The molecule has 2 aliphatic rings. The van der Waals surface area contributed by atoms with E-state index in [1.165, 1.54) is 5.56 Å².